The predicted octanol–water partition coefficient (Wildman–Crippen LogP) is 2.83. The van der Waals surface area contributed by atoms with Crippen molar-refractivity contribution in [2.45, 2.75) is 45.4 Å². The number of nitrogens with one attached hydrogen (secondary N) is 1. The Hall–Kier alpha value is -2.66. The average molecular weight is 368 g/mol. The molecule has 1 unspecified atom stereocenters. The summed E-state index contributed by atoms with van der Waals surface area (Å²) >= 11 is 0. The van der Waals surface area contributed by atoms with E-state index in [0.29, 0.717) is 12.8 Å². The van der Waals surface area contributed by atoms with Gasteiger partial charge in [-0.3, -0.25) is 4.79 Å². The van der Waals surface area contributed by atoms with Gasteiger partial charge in [-0.2, -0.15) is 0 Å². The molecule has 0 aliphatic heterocycles. The summed E-state index contributed by atoms with van der Waals surface area (Å²) in [5, 5.41) is 2.77. The van der Waals surface area contributed by atoms with Gasteiger partial charge in [0.2, 0.25) is 5.91 Å². The molecule has 5 heteroatoms. The van der Waals surface area contributed by atoms with Gasteiger partial charge in [-0.25, -0.2) is 4.79 Å². The third-order valence-electron chi connectivity index (χ3n) is 4.17. The van der Waals surface area contributed by atoms with Crippen LogP contribution in [0.15, 0.2) is 60.7 Å². The molecule has 0 aromatic heterocycles. The van der Waals surface area contributed by atoms with Crippen LogP contribution in [-0.4, -0.2) is 24.0 Å². The molecule has 0 aliphatic carbocycles. The van der Waals surface area contributed by atoms with E-state index in [-0.39, 0.29) is 18.4 Å². The van der Waals surface area contributed by atoms with Crippen LogP contribution in [0.3, 0.4) is 0 Å². The number of hydrogen-bond donors (Lipinski definition) is 2. The number of carbonyl (C=O) groups is 2. The fraction of sp³-hybridized carbons (Fsp3) is 0.364. The molecule has 2 aromatic rings. The lowest BCUT2D eigenvalue weighted by atomic mass is 10.0. The van der Waals surface area contributed by atoms with Gasteiger partial charge in [-0.15, -0.1) is 0 Å². The molecule has 0 radical (unpaired) electrons. The molecular weight excluding hydrogens is 340 g/mol. The number of ether oxygens (including phenoxy) is 1. The summed E-state index contributed by atoms with van der Waals surface area (Å²) in [7, 11) is 0. The summed E-state index contributed by atoms with van der Waals surface area (Å²) in [6, 6.07) is 17.6. The Morgan fingerprint density at radius 3 is 2.07 bits per heavy atom. The number of carbonyl (C=O) groups excluding carboxylic acids is 2. The molecule has 27 heavy (non-hydrogen) atoms. The minimum Gasteiger partial charge on any atom is -0.459 e. The summed E-state index contributed by atoms with van der Waals surface area (Å²) < 4.78 is 5.40. The highest BCUT2D eigenvalue weighted by atomic mass is 16.5. The molecule has 1 amide bonds. The van der Waals surface area contributed by atoms with Crippen LogP contribution in [0.1, 0.15) is 31.4 Å². The second kappa shape index (κ2) is 10.5. The van der Waals surface area contributed by atoms with E-state index in [4.69, 9.17) is 10.5 Å². The summed E-state index contributed by atoms with van der Waals surface area (Å²) in [6.45, 7) is 4.17. The molecule has 0 saturated heterocycles. The molecule has 0 bridgehead atoms. The standard InChI is InChI=1S/C22H28N2O3/c1-16(2)13-20(22(26)27-15-18-11-7-4-8-12-18)24-21(25)19(23)14-17-9-5-3-6-10-17/h3-12,16,19-20H,13-15,23H2,1-2H3,(H,24,25)/t19?,20-/m1/s1. The van der Waals surface area contributed by atoms with Crippen LogP contribution in [0.25, 0.3) is 0 Å². The zero-order valence-corrected chi connectivity index (χ0v) is 15.9. The molecular formula is C22H28N2O3. The van der Waals surface area contributed by atoms with Crippen LogP contribution in [0.4, 0.5) is 0 Å². The van der Waals surface area contributed by atoms with Crippen molar-refractivity contribution in [3.05, 3.63) is 71.8 Å². The second-order valence-corrected chi connectivity index (χ2v) is 7.08. The number of rotatable bonds is 9. The fourth-order valence-corrected chi connectivity index (χ4v) is 2.75. The molecule has 0 spiro atoms. The second-order valence-electron chi connectivity index (χ2n) is 7.08. The van der Waals surface area contributed by atoms with Crippen molar-refractivity contribution in [2.75, 3.05) is 0 Å². The van der Waals surface area contributed by atoms with Crippen LogP contribution in [0.2, 0.25) is 0 Å². The van der Waals surface area contributed by atoms with E-state index in [1.807, 2.05) is 74.5 Å². The third-order valence-corrected chi connectivity index (χ3v) is 4.17. The topological polar surface area (TPSA) is 81.4 Å². The Morgan fingerprint density at radius 1 is 0.963 bits per heavy atom. The van der Waals surface area contributed by atoms with Crippen LogP contribution in [0.5, 0.6) is 0 Å². The van der Waals surface area contributed by atoms with Gasteiger partial charge in [0.25, 0.3) is 0 Å². The van der Waals surface area contributed by atoms with Gasteiger partial charge >= 0.3 is 5.97 Å². The van der Waals surface area contributed by atoms with Gasteiger partial charge in [-0.1, -0.05) is 74.5 Å². The first-order chi connectivity index (χ1) is 13.0. The number of hydrogen-bond acceptors (Lipinski definition) is 4. The molecule has 2 aromatic carbocycles. The average Bonchev–Trinajstić information content (AvgIpc) is 2.66. The Kier molecular flexibility index (Phi) is 8.01. The molecule has 0 heterocycles. The monoisotopic (exact) mass is 368 g/mol. The zero-order chi connectivity index (χ0) is 19.6. The Balaban J connectivity index is 1.93. The van der Waals surface area contributed by atoms with E-state index < -0.39 is 18.1 Å². The Morgan fingerprint density at radius 2 is 1.52 bits per heavy atom. The Labute approximate surface area is 160 Å². The van der Waals surface area contributed by atoms with Gasteiger partial charge in [0.1, 0.15) is 12.6 Å². The lowest BCUT2D eigenvalue weighted by Crippen LogP contribution is -2.50. The largest absolute Gasteiger partial charge is 0.459 e. The number of amides is 1. The minimum absolute atomic E-state index is 0.181. The highest BCUT2D eigenvalue weighted by Crippen LogP contribution is 2.10. The van der Waals surface area contributed by atoms with E-state index in [1.54, 1.807) is 0 Å². The SMILES string of the molecule is CC(C)C[C@@H](NC(=O)C(N)Cc1ccccc1)C(=O)OCc1ccccc1. The molecule has 144 valence electrons. The first-order valence-corrected chi connectivity index (χ1v) is 9.26. The van der Waals surface area contributed by atoms with Crippen LogP contribution in [0, 0.1) is 5.92 Å². The summed E-state index contributed by atoms with van der Waals surface area (Å²) in [5.74, 6) is -0.557. The minimum atomic E-state index is -0.719. The van der Waals surface area contributed by atoms with E-state index in [2.05, 4.69) is 5.32 Å². The van der Waals surface area contributed by atoms with E-state index in [0.717, 1.165) is 11.1 Å². The number of nitrogens with two attached hydrogens (primary N) is 1. The maximum absolute atomic E-state index is 12.5. The smallest absolute Gasteiger partial charge is 0.328 e. The van der Waals surface area contributed by atoms with Gasteiger partial charge in [0, 0.05) is 0 Å². The molecule has 3 N–H and O–H groups in total. The maximum Gasteiger partial charge on any atom is 0.328 e. The van der Waals surface area contributed by atoms with Gasteiger partial charge < -0.3 is 15.8 Å². The van der Waals surface area contributed by atoms with Crippen LogP contribution >= 0.6 is 0 Å². The van der Waals surface area contributed by atoms with Gasteiger partial charge in [-0.05, 0) is 29.9 Å². The summed E-state index contributed by atoms with van der Waals surface area (Å²) in [5.41, 5.74) is 7.91. The van der Waals surface area contributed by atoms with Gasteiger partial charge in [0.15, 0.2) is 0 Å². The van der Waals surface area contributed by atoms with Crippen molar-refractivity contribution in [2.24, 2.45) is 11.7 Å². The molecule has 5 nitrogen and oxygen atoms in total. The van der Waals surface area contributed by atoms with Crippen molar-refractivity contribution in [1.29, 1.82) is 0 Å². The highest BCUT2D eigenvalue weighted by molar-refractivity contribution is 5.87. The van der Waals surface area contributed by atoms with Crippen molar-refractivity contribution in [3.63, 3.8) is 0 Å². The number of esters is 1. The fourth-order valence-electron chi connectivity index (χ4n) is 2.75. The number of benzene rings is 2. The first kappa shape index (κ1) is 20.6. The maximum atomic E-state index is 12.5. The molecule has 2 rings (SSSR count). The third kappa shape index (κ3) is 7.23. The van der Waals surface area contributed by atoms with E-state index in [1.165, 1.54) is 0 Å². The van der Waals surface area contributed by atoms with Crippen molar-refractivity contribution < 1.29 is 14.3 Å². The van der Waals surface area contributed by atoms with Gasteiger partial charge in [0.05, 0.1) is 6.04 Å². The zero-order valence-electron chi connectivity index (χ0n) is 15.9. The first-order valence-electron chi connectivity index (χ1n) is 9.26. The normalized spacial score (nSPS) is 13.0. The van der Waals surface area contributed by atoms with Crippen LogP contribution < -0.4 is 11.1 Å². The Bertz CT molecular complexity index is 717. The van der Waals surface area contributed by atoms with Crippen molar-refractivity contribution in [3.8, 4) is 0 Å². The van der Waals surface area contributed by atoms with E-state index >= 15 is 0 Å². The lowest BCUT2D eigenvalue weighted by molar-refractivity contribution is -0.149. The van der Waals surface area contributed by atoms with E-state index in [9.17, 15) is 9.59 Å². The molecule has 0 aliphatic rings. The van der Waals surface area contributed by atoms with Crippen molar-refractivity contribution >= 4 is 11.9 Å². The van der Waals surface area contributed by atoms with Crippen molar-refractivity contribution in [1.82, 2.24) is 5.32 Å². The predicted molar refractivity (Wildman–Crippen MR) is 106 cm³/mol. The summed E-state index contributed by atoms with van der Waals surface area (Å²) in [4.78, 5) is 25.0. The molecule has 0 saturated carbocycles. The molecule has 0 fully saturated rings. The van der Waals surface area contributed by atoms with Crippen LogP contribution in [-0.2, 0) is 27.4 Å². The lowest BCUT2D eigenvalue weighted by Gasteiger charge is -2.21. The quantitative estimate of drug-likeness (QED) is 0.667. The summed E-state index contributed by atoms with van der Waals surface area (Å²) in [6.07, 6.45) is 0.914. The highest BCUT2D eigenvalue weighted by Gasteiger charge is 2.26. The molecule has 2 atom stereocenters.